The molecule has 14 heavy (non-hydrogen) atoms. The highest BCUT2D eigenvalue weighted by Crippen LogP contribution is 2.33. The van der Waals surface area contributed by atoms with E-state index in [1.165, 1.54) is 18.2 Å². The molecule has 0 unspecified atom stereocenters. The van der Waals surface area contributed by atoms with Crippen LogP contribution in [0.1, 0.15) is 11.6 Å². The van der Waals surface area contributed by atoms with E-state index in [1.54, 1.807) is 0 Å². The second kappa shape index (κ2) is 4.08. The van der Waals surface area contributed by atoms with Crippen molar-refractivity contribution in [3.05, 3.63) is 33.3 Å². The van der Waals surface area contributed by atoms with Crippen LogP contribution in [0.25, 0.3) is 0 Å². The molecule has 1 atom stereocenters. The number of nitrogens with two attached hydrogens (primary N) is 1. The van der Waals surface area contributed by atoms with Crippen molar-refractivity contribution in [3.63, 3.8) is 0 Å². The number of rotatable bonds is 1. The summed E-state index contributed by atoms with van der Waals surface area (Å²) in [6.07, 6.45) is -4.44. The van der Waals surface area contributed by atoms with E-state index in [0.29, 0.717) is 9.50 Å². The summed E-state index contributed by atoms with van der Waals surface area (Å²) in [4.78, 5) is 0. The van der Waals surface area contributed by atoms with Gasteiger partial charge in [0.25, 0.3) is 0 Å². The fraction of sp³-hybridized carbons (Fsp3) is 0.250. The fourth-order valence-electron chi connectivity index (χ4n) is 0.895. The van der Waals surface area contributed by atoms with Crippen LogP contribution < -0.4 is 5.73 Å². The molecule has 6 heteroatoms. The van der Waals surface area contributed by atoms with Crippen molar-refractivity contribution in [2.45, 2.75) is 12.2 Å². The van der Waals surface area contributed by atoms with E-state index >= 15 is 0 Å². The first-order chi connectivity index (χ1) is 6.32. The van der Waals surface area contributed by atoms with Crippen LogP contribution >= 0.6 is 27.5 Å². The maximum atomic E-state index is 12.2. The summed E-state index contributed by atoms with van der Waals surface area (Å²) in [5.41, 5.74) is 4.98. The molecule has 0 spiro atoms. The highest BCUT2D eigenvalue weighted by Gasteiger charge is 2.37. The monoisotopic (exact) mass is 287 g/mol. The van der Waals surface area contributed by atoms with Gasteiger partial charge >= 0.3 is 6.18 Å². The van der Waals surface area contributed by atoms with Crippen LogP contribution in [-0.2, 0) is 0 Å². The molecule has 1 aromatic rings. The van der Waals surface area contributed by atoms with Gasteiger partial charge in [0, 0.05) is 4.47 Å². The van der Waals surface area contributed by atoms with Gasteiger partial charge in [-0.25, -0.2) is 0 Å². The maximum absolute atomic E-state index is 12.2. The largest absolute Gasteiger partial charge is 0.407 e. The fourth-order valence-corrected chi connectivity index (χ4v) is 1.41. The van der Waals surface area contributed by atoms with E-state index < -0.39 is 12.2 Å². The predicted molar refractivity (Wildman–Crippen MR) is 52.1 cm³/mol. The van der Waals surface area contributed by atoms with Crippen LogP contribution in [-0.4, -0.2) is 6.18 Å². The molecule has 0 saturated carbocycles. The number of alkyl halides is 3. The van der Waals surface area contributed by atoms with Crippen LogP contribution in [0.5, 0.6) is 0 Å². The maximum Gasteiger partial charge on any atom is 0.407 e. The lowest BCUT2D eigenvalue weighted by Crippen LogP contribution is -2.28. The van der Waals surface area contributed by atoms with Crippen LogP contribution in [0, 0.1) is 0 Å². The first kappa shape index (κ1) is 11.8. The molecule has 0 bridgehead atoms. The summed E-state index contributed by atoms with van der Waals surface area (Å²) in [5.74, 6) is 0. The molecular weight excluding hydrogens is 282 g/mol. The highest BCUT2D eigenvalue weighted by molar-refractivity contribution is 9.10. The zero-order valence-electron chi connectivity index (χ0n) is 6.78. The van der Waals surface area contributed by atoms with E-state index in [9.17, 15) is 13.2 Å². The van der Waals surface area contributed by atoms with Crippen molar-refractivity contribution in [1.82, 2.24) is 0 Å². The molecule has 0 radical (unpaired) electrons. The van der Waals surface area contributed by atoms with Crippen molar-refractivity contribution >= 4 is 27.5 Å². The summed E-state index contributed by atoms with van der Waals surface area (Å²) in [6.45, 7) is 0. The number of halogens is 5. The Morgan fingerprint density at radius 3 is 2.36 bits per heavy atom. The van der Waals surface area contributed by atoms with Gasteiger partial charge in [-0.1, -0.05) is 17.7 Å². The summed E-state index contributed by atoms with van der Waals surface area (Å²) >= 11 is 8.66. The summed E-state index contributed by atoms with van der Waals surface area (Å²) < 4.78 is 37.0. The molecule has 0 aliphatic carbocycles. The van der Waals surface area contributed by atoms with E-state index in [2.05, 4.69) is 15.9 Å². The summed E-state index contributed by atoms with van der Waals surface area (Å²) in [5, 5.41) is 0.350. The van der Waals surface area contributed by atoms with Crippen molar-refractivity contribution in [2.24, 2.45) is 5.73 Å². The van der Waals surface area contributed by atoms with Gasteiger partial charge in [0.05, 0.1) is 5.02 Å². The van der Waals surface area contributed by atoms with Gasteiger partial charge in [-0.2, -0.15) is 13.2 Å². The molecule has 1 aromatic carbocycles. The molecule has 0 heterocycles. The van der Waals surface area contributed by atoms with Gasteiger partial charge in [0.2, 0.25) is 0 Å². The van der Waals surface area contributed by atoms with E-state index in [0.717, 1.165) is 0 Å². The van der Waals surface area contributed by atoms with E-state index in [1.807, 2.05) is 0 Å². The Labute approximate surface area is 92.2 Å². The van der Waals surface area contributed by atoms with E-state index in [4.69, 9.17) is 17.3 Å². The first-order valence-electron chi connectivity index (χ1n) is 3.59. The molecule has 0 amide bonds. The van der Waals surface area contributed by atoms with Crippen LogP contribution in [0.15, 0.2) is 22.7 Å². The number of benzene rings is 1. The van der Waals surface area contributed by atoms with Crippen LogP contribution in [0.3, 0.4) is 0 Å². The predicted octanol–water partition coefficient (Wildman–Crippen LogP) is 3.66. The molecule has 1 rings (SSSR count). The zero-order chi connectivity index (χ0) is 10.9. The van der Waals surface area contributed by atoms with Crippen LogP contribution in [0.2, 0.25) is 5.02 Å². The smallest absolute Gasteiger partial charge is 0.316 e. The van der Waals surface area contributed by atoms with Gasteiger partial charge in [0.1, 0.15) is 6.04 Å². The molecule has 0 aliphatic heterocycles. The van der Waals surface area contributed by atoms with Crippen molar-refractivity contribution in [1.29, 1.82) is 0 Å². The summed E-state index contributed by atoms with van der Waals surface area (Å²) in [6, 6.07) is 1.91. The third-order valence-electron chi connectivity index (χ3n) is 1.66. The average Bonchev–Trinajstić information content (AvgIpc) is 2.07. The third-order valence-corrected chi connectivity index (χ3v) is 2.87. The third kappa shape index (κ3) is 2.62. The quantitative estimate of drug-likeness (QED) is 0.838. The molecule has 0 aromatic heterocycles. The second-order valence-corrected chi connectivity index (χ2v) is 3.95. The minimum atomic E-state index is -4.44. The molecule has 0 fully saturated rings. The van der Waals surface area contributed by atoms with Crippen molar-refractivity contribution in [3.8, 4) is 0 Å². The second-order valence-electron chi connectivity index (χ2n) is 2.69. The molecule has 78 valence electrons. The van der Waals surface area contributed by atoms with E-state index in [-0.39, 0.29) is 5.56 Å². The van der Waals surface area contributed by atoms with Gasteiger partial charge in [0.15, 0.2) is 0 Å². The Morgan fingerprint density at radius 2 is 1.93 bits per heavy atom. The Bertz CT molecular complexity index is 340. The lowest BCUT2D eigenvalue weighted by atomic mass is 10.1. The highest BCUT2D eigenvalue weighted by atomic mass is 79.9. The molecule has 0 saturated heterocycles. The minimum Gasteiger partial charge on any atom is -0.316 e. The Kier molecular flexibility index (Phi) is 3.44. The first-order valence-corrected chi connectivity index (χ1v) is 4.76. The van der Waals surface area contributed by atoms with Crippen molar-refractivity contribution < 1.29 is 13.2 Å². The Balaban J connectivity index is 3.03. The molecular formula is C8H6BrClF3N. The van der Waals surface area contributed by atoms with Gasteiger partial charge < -0.3 is 5.73 Å². The molecule has 2 N–H and O–H groups in total. The lowest BCUT2D eigenvalue weighted by Gasteiger charge is -2.16. The standard InChI is InChI=1S/C8H6BrClF3N/c9-5-3-4(1-2-6(5)10)7(14)8(11,12)13/h1-3,7H,14H2/t7-/m0/s1. The SMILES string of the molecule is N[C@@H](c1ccc(Cl)c(Br)c1)C(F)(F)F. The topological polar surface area (TPSA) is 26.0 Å². The summed E-state index contributed by atoms with van der Waals surface area (Å²) in [7, 11) is 0. The van der Waals surface area contributed by atoms with Gasteiger partial charge in [-0.3, -0.25) is 0 Å². The Hall–Kier alpha value is -0.260. The Morgan fingerprint density at radius 1 is 1.36 bits per heavy atom. The number of hydrogen-bond donors (Lipinski definition) is 1. The average molecular weight is 288 g/mol. The minimum absolute atomic E-state index is 0.0197. The zero-order valence-corrected chi connectivity index (χ0v) is 9.12. The number of hydrogen-bond acceptors (Lipinski definition) is 1. The molecule has 1 nitrogen and oxygen atoms in total. The van der Waals surface area contributed by atoms with Crippen molar-refractivity contribution in [2.75, 3.05) is 0 Å². The van der Waals surface area contributed by atoms with Crippen LogP contribution in [0.4, 0.5) is 13.2 Å². The lowest BCUT2D eigenvalue weighted by molar-refractivity contribution is -0.149. The van der Waals surface area contributed by atoms with Gasteiger partial charge in [-0.05, 0) is 33.6 Å². The van der Waals surface area contributed by atoms with Gasteiger partial charge in [-0.15, -0.1) is 0 Å². The normalized spacial score (nSPS) is 14.1. The molecule has 0 aliphatic rings.